The molecule has 0 spiro atoms. The summed E-state index contributed by atoms with van der Waals surface area (Å²) in [5.74, 6) is -0.123. The summed E-state index contributed by atoms with van der Waals surface area (Å²) >= 11 is 0. The molecular formula is C15H21N5O. The first-order valence-electron chi connectivity index (χ1n) is 7.02. The normalized spacial score (nSPS) is 10.4. The highest BCUT2D eigenvalue weighted by molar-refractivity contribution is 6.01. The molecule has 21 heavy (non-hydrogen) atoms. The quantitative estimate of drug-likeness (QED) is 0.735. The lowest BCUT2D eigenvalue weighted by molar-refractivity contribution is 0.0956. The van der Waals surface area contributed by atoms with Crippen molar-refractivity contribution in [2.45, 2.75) is 20.3 Å². The van der Waals surface area contributed by atoms with Gasteiger partial charge in [0.05, 0.1) is 22.6 Å². The number of hydrogen-bond donors (Lipinski definition) is 3. The molecule has 6 nitrogen and oxygen atoms in total. The van der Waals surface area contributed by atoms with Gasteiger partial charge in [-0.25, -0.2) is 0 Å². The number of amides is 1. The summed E-state index contributed by atoms with van der Waals surface area (Å²) < 4.78 is 1.75. The van der Waals surface area contributed by atoms with E-state index < -0.39 is 0 Å². The van der Waals surface area contributed by atoms with Gasteiger partial charge >= 0.3 is 0 Å². The lowest BCUT2D eigenvalue weighted by atomic mass is 10.1. The minimum absolute atomic E-state index is 0.123. The van der Waals surface area contributed by atoms with Crippen LogP contribution in [-0.2, 0) is 13.5 Å². The molecule has 0 saturated carbocycles. The fraction of sp³-hybridized carbons (Fsp3) is 0.333. The number of nitrogens with one attached hydrogen (secondary N) is 2. The second kappa shape index (κ2) is 6.30. The highest BCUT2D eigenvalue weighted by Gasteiger charge is 2.13. The Labute approximate surface area is 124 Å². The van der Waals surface area contributed by atoms with Crippen LogP contribution >= 0.6 is 0 Å². The van der Waals surface area contributed by atoms with Crippen LogP contribution in [0.4, 0.5) is 17.1 Å². The van der Waals surface area contributed by atoms with Gasteiger partial charge in [-0.1, -0.05) is 6.92 Å². The van der Waals surface area contributed by atoms with Crippen molar-refractivity contribution in [3.63, 3.8) is 0 Å². The van der Waals surface area contributed by atoms with Crippen LogP contribution in [0, 0.1) is 0 Å². The van der Waals surface area contributed by atoms with Crippen LogP contribution in [0.25, 0.3) is 0 Å². The number of anilines is 3. The van der Waals surface area contributed by atoms with E-state index in [1.54, 1.807) is 22.9 Å². The smallest absolute Gasteiger partial charge is 0.253 e. The predicted molar refractivity (Wildman–Crippen MR) is 84.7 cm³/mol. The Hall–Kier alpha value is -2.50. The number of aromatic nitrogens is 2. The van der Waals surface area contributed by atoms with Gasteiger partial charge in [0.25, 0.3) is 5.91 Å². The molecule has 112 valence electrons. The van der Waals surface area contributed by atoms with E-state index in [4.69, 9.17) is 5.73 Å². The summed E-state index contributed by atoms with van der Waals surface area (Å²) in [5, 5.41) is 10.5. The molecule has 6 heteroatoms. The van der Waals surface area contributed by atoms with E-state index in [0.717, 1.165) is 17.8 Å². The number of nitrogen functional groups attached to an aromatic ring is 1. The summed E-state index contributed by atoms with van der Waals surface area (Å²) in [4.78, 5) is 12.1. The van der Waals surface area contributed by atoms with Crippen LogP contribution in [0.15, 0.2) is 24.4 Å². The molecule has 0 fully saturated rings. The molecule has 0 aliphatic carbocycles. The maximum absolute atomic E-state index is 12.1. The molecule has 4 N–H and O–H groups in total. The van der Waals surface area contributed by atoms with Crippen molar-refractivity contribution in [3.8, 4) is 0 Å². The topological polar surface area (TPSA) is 85.0 Å². The van der Waals surface area contributed by atoms with Crippen LogP contribution in [0.3, 0.4) is 0 Å². The van der Waals surface area contributed by atoms with Crippen LogP contribution in [0.1, 0.15) is 29.9 Å². The first kappa shape index (κ1) is 14.9. The highest BCUT2D eigenvalue weighted by atomic mass is 16.1. The van der Waals surface area contributed by atoms with Gasteiger partial charge in [-0.15, -0.1) is 0 Å². The van der Waals surface area contributed by atoms with Gasteiger partial charge in [-0.3, -0.25) is 9.48 Å². The Kier molecular flexibility index (Phi) is 4.47. The zero-order valence-corrected chi connectivity index (χ0v) is 12.6. The Morgan fingerprint density at radius 1 is 1.33 bits per heavy atom. The van der Waals surface area contributed by atoms with E-state index in [1.165, 1.54) is 0 Å². The van der Waals surface area contributed by atoms with Gasteiger partial charge in [0.1, 0.15) is 0 Å². The number of rotatable bonds is 5. The molecule has 1 aromatic heterocycles. The van der Waals surface area contributed by atoms with Crippen molar-refractivity contribution in [3.05, 3.63) is 35.7 Å². The standard InChI is InChI=1S/C15H21N5O/c1-4-12-14(9-20(3)19-12)18-13-8-10(16)6-7-11(13)15(21)17-5-2/h6-9,18H,4-5,16H2,1-3H3,(H,17,21). The molecule has 2 rings (SSSR count). The first-order chi connectivity index (χ1) is 10.0. The molecule has 0 bridgehead atoms. The molecule has 0 unspecified atom stereocenters. The Balaban J connectivity index is 2.38. The summed E-state index contributed by atoms with van der Waals surface area (Å²) in [6.45, 7) is 4.51. The van der Waals surface area contributed by atoms with Crippen molar-refractivity contribution in [2.75, 3.05) is 17.6 Å². The first-order valence-corrected chi connectivity index (χ1v) is 7.02. The molecule has 0 atom stereocenters. The number of aryl methyl sites for hydroxylation is 2. The van der Waals surface area contributed by atoms with Gasteiger partial charge in [-0.2, -0.15) is 5.10 Å². The van der Waals surface area contributed by atoms with Crippen LogP contribution in [0.2, 0.25) is 0 Å². The number of nitrogens with two attached hydrogens (primary N) is 1. The van der Waals surface area contributed by atoms with Crippen molar-refractivity contribution >= 4 is 23.0 Å². The van der Waals surface area contributed by atoms with Gasteiger partial charge in [-0.05, 0) is 31.5 Å². The Morgan fingerprint density at radius 2 is 2.10 bits per heavy atom. The third kappa shape index (κ3) is 3.34. The summed E-state index contributed by atoms with van der Waals surface area (Å²) in [6, 6.07) is 5.21. The fourth-order valence-corrected chi connectivity index (χ4v) is 2.16. The van der Waals surface area contributed by atoms with Gasteiger partial charge in [0, 0.05) is 25.5 Å². The zero-order valence-electron chi connectivity index (χ0n) is 12.6. The number of nitrogens with zero attached hydrogens (tertiary/aromatic N) is 2. The minimum Gasteiger partial charge on any atom is -0.399 e. The number of carbonyl (C=O) groups is 1. The van der Waals surface area contributed by atoms with E-state index in [0.29, 0.717) is 23.5 Å². The van der Waals surface area contributed by atoms with Crippen molar-refractivity contribution in [1.29, 1.82) is 0 Å². The average molecular weight is 287 g/mol. The van der Waals surface area contributed by atoms with Crippen LogP contribution in [0.5, 0.6) is 0 Å². The Bertz CT molecular complexity index is 648. The van der Waals surface area contributed by atoms with E-state index in [-0.39, 0.29) is 5.91 Å². The molecule has 1 amide bonds. The number of carbonyl (C=O) groups excluding carboxylic acids is 1. The lowest BCUT2D eigenvalue weighted by Gasteiger charge is -2.12. The minimum atomic E-state index is -0.123. The molecule has 2 aromatic rings. The fourth-order valence-electron chi connectivity index (χ4n) is 2.16. The largest absolute Gasteiger partial charge is 0.399 e. The van der Waals surface area contributed by atoms with Crippen molar-refractivity contribution < 1.29 is 4.79 Å². The Morgan fingerprint density at radius 3 is 2.76 bits per heavy atom. The van der Waals surface area contributed by atoms with E-state index in [1.807, 2.05) is 27.1 Å². The molecule has 0 radical (unpaired) electrons. The molecule has 0 aliphatic heterocycles. The molecule has 0 saturated heterocycles. The molecule has 1 aromatic carbocycles. The van der Waals surface area contributed by atoms with E-state index in [2.05, 4.69) is 15.7 Å². The van der Waals surface area contributed by atoms with E-state index in [9.17, 15) is 4.79 Å². The summed E-state index contributed by atoms with van der Waals surface area (Å²) in [6.07, 6.45) is 2.70. The maximum Gasteiger partial charge on any atom is 0.253 e. The maximum atomic E-state index is 12.1. The monoisotopic (exact) mass is 287 g/mol. The summed E-state index contributed by atoms with van der Waals surface area (Å²) in [7, 11) is 1.87. The van der Waals surface area contributed by atoms with Crippen molar-refractivity contribution in [1.82, 2.24) is 15.1 Å². The second-order valence-electron chi connectivity index (χ2n) is 4.81. The van der Waals surface area contributed by atoms with Gasteiger partial charge in [0.15, 0.2) is 0 Å². The van der Waals surface area contributed by atoms with Crippen LogP contribution in [-0.4, -0.2) is 22.2 Å². The second-order valence-corrected chi connectivity index (χ2v) is 4.81. The number of benzene rings is 1. The van der Waals surface area contributed by atoms with Gasteiger partial charge < -0.3 is 16.4 Å². The third-order valence-electron chi connectivity index (χ3n) is 3.14. The third-order valence-corrected chi connectivity index (χ3v) is 3.14. The van der Waals surface area contributed by atoms with Crippen molar-refractivity contribution in [2.24, 2.45) is 7.05 Å². The molecule has 1 heterocycles. The highest BCUT2D eigenvalue weighted by Crippen LogP contribution is 2.25. The lowest BCUT2D eigenvalue weighted by Crippen LogP contribution is -2.23. The van der Waals surface area contributed by atoms with Gasteiger partial charge in [0.2, 0.25) is 0 Å². The average Bonchev–Trinajstić information content (AvgIpc) is 2.79. The molecule has 0 aliphatic rings. The predicted octanol–water partition coefficient (Wildman–Crippen LogP) is 2.06. The zero-order chi connectivity index (χ0) is 15.4. The number of hydrogen-bond acceptors (Lipinski definition) is 4. The SMILES string of the molecule is CCNC(=O)c1ccc(N)cc1Nc1cn(C)nc1CC. The summed E-state index contributed by atoms with van der Waals surface area (Å²) in [5.41, 5.74) is 9.52. The van der Waals surface area contributed by atoms with E-state index >= 15 is 0 Å². The van der Waals surface area contributed by atoms with Crippen LogP contribution < -0.4 is 16.4 Å². The molecular weight excluding hydrogens is 266 g/mol.